The molecule has 7 heteroatoms. The molecule has 0 saturated carbocycles. The summed E-state index contributed by atoms with van der Waals surface area (Å²) >= 11 is 8.12. The van der Waals surface area contributed by atoms with E-state index in [-0.39, 0.29) is 5.91 Å². The number of hydrazone groups is 1. The van der Waals surface area contributed by atoms with Gasteiger partial charge in [0.25, 0.3) is 5.91 Å². The number of hydrogen-bond acceptors (Lipinski definition) is 5. The van der Waals surface area contributed by atoms with Crippen LogP contribution in [0, 0.1) is 6.92 Å². The molecule has 2 aliphatic heterocycles. The minimum Gasteiger partial charge on any atom is -0.272 e. The van der Waals surface area contributed by atoms with E-state index in [0.717, 1.165) is 21.6 Å². The summed E-state index contributed by atoms with van der Waals surface area (Å²) in [5.74, 6) is -0.127. The average molecular weight is 397 g/mol. The summed E-state index contributed by atoms with van der Waals surface area (Å²) in [6.45, 7) is 4.02. The molecule has 5 nitrogen and oxygen atoms in total. The van der Waals surface area contributed by atoms with Gasteiger partial charge in [0.05, 0.1) is 15.9 Å². The normalized spacial score (nSPS) is 24.6. The van der Waals surface area contributed by atoms with Gasteiger partial charge >= 0.3 is 0 Å². The van der Waals surface area contributed by atoms with Crippen LogP contribution in [0.4, 0.5) is 10.8 Å². The van der Waals surface area contributed by atoms with Crippen LogP contribution >= 0.6 is 22.9 Å². The highest BCUT2D eigenvalue weighted by Crippen LogP contribution is 2.51. The topological polar surface area (TPSA) is 48.8 Å². The van der Waals surface area contributed by atoms with Crippen LogP contribution in [0.1, 0.15) is 18.9 Å². The molecule has 1 saturated heterocycles. The lowest BCUT2D eigenvalue weighted by Crippen LogP contribution is -2.78. The summed E-state index contributed by atoms with van der Waals surface area (Å²) in [7, 11) is 0. The first-order valence-corrected chi connectivity index (χ1v) is 10.0. The zero-order chi connectivity index (χ0) is 18.8. The number of thiazole rings is 1. The van der Waals surface area contributed by atoms with Gasteiger partial charge in [-0.25, -0.2) is 9.99 Å². The lowest BCUT2D eigenvalue weighted by atomic mass is 9.88. The highest BCUT2D eigenvalue weighted by molar-refractivity contribution is 7.22. The van der Waals surface area contributed by atoms with Gasteiger partial charge in [0.15, 0.2) is 16.2 Å². The maximum atomic E-state index is 12.8. The zero-order valence-corrected chi connectivity index (χ0v) is 16.5. The van der Waals surface area contributed by atoms with E-state index in [1.54, 1.807) is 4.90 Å². The highest BCUT2D eigenvalue weighted by Gasteiger charge is 2.67. The minimum absolute atomic E-state index is 0.127. The number of halogens is 1. The van der Waals surface area contributed by atoms with Crippen LogP contribution in [0.2, 0.25) is 0 Å². The van der Waals surface area contributed by atoms with Gasteiger partial charge in [-0.3, -0.25) is 9.69 Å². The van der Waals surface area contributed by atoms with Crippen molar-refractivity contribution in [1.82, 2.24) is 4.98 Å². The first-order chi connectivity index (χ1) is 13.0. The van der Waals surface area contributed by atoms with Crippen LogP contribution in [0.25, 0.3) is 10.2 Å². The lowest BCUT2D eigenvalue weighted by Gasteiger charge is -2.55. The Morgan fingerprint density at radius 1 is 1.15 bits per heavy atom. The molecule has 1 aromatic heterocycles. The molecule has 27 heavy (non-hydrogen) atoms. The summed E-state index contributed by atoms with van der Waals surface area (Å²) in [4.78, 5) is 19.2. The summed E-state index contributed by atoms with van der Waals surface area (Å²) in [5, 5.41) is 6.62. The Bertz CT molecular complexity index is 1060. The molecule has 2 unspecified atom stereocenters. The van der Waals surface area contributed by atoms with Crippen molar-refractivity contribution in [2.24, 2.45) is 5.10 Å². The Morgan fingerprint density at radius 3 is 2.63 bits per heavy atom. The van der Waals surface area contributed by atoms with Crippen LogP contribution in [0.5, 0.6) is 0 Å². The molecule has 2 aromatic carbocycles. The van der Waals surface area contributed by atoms with Crippen molar-refractivity contribution >= 4 is 55.6 Å². The molecule has 0 radical (unpaired) electrons. The maximum absolute atomic E-state index is 12.8. The number of β-lactam (4-membered cyclic amide) rings is 1. The Labute approximate surface area is 165 Å². The number of nitrogens with zero attached hydrogens (tertiary/aromatic N) is 4. The van der Waals surface area contributed by atoms with E-state index in [2.05, 4.69) is 0 Å². The standard InChI is InChI=1S/C20H17ClN4OS/c1-12-7-9-14(10-8-12)25-20(11-13(2)23-25)17(21)18(26)24(20)19-22-15-5-3-4-6-16(15)27-19/h3-10,17H,11H2,1-2H3. The number of aromatic nitrogens is 1. The fourth-order valence-electron chi connectivity index (χ4n) is 3.85. The number of fused-ring (bicyclic) bond motifs is 1. The van der Waals surface area contributed by atoms with Crippen molar-refractivity contribution < 1.29 is 4.79 Å². The Balaban J connectivity index is 1.63. The number of carbonyl (C=O) groups excluding carboxylic acids is 1. The number of alkyl halides is 1. The van der Waals surface area contributed by atoms with Crippen molar-refractivity contribution in [1.29, 1.82) is 0 Å². The molecule has 5 rings (SSSR count). The van der Waals surface area contributed by atoms with Gasteiger partial charge in [-0.2, -0.15) is 5.10 Å². The molecule has 2 aliphatic rings. The largest absolute Gasteiger partial charge is 0.272 e. The monoisotopic (exact) mass is 396 g/mol. The third kappa shape index (κ3) is 2.26. The van der Waals surface area contributed by atoms with Crippen LogP contribution in [0.3, 0.4) is 0 Å². The van der Waals surface area contributed by atoms with Gasteiger partial charge in [-0.1, -0.05) is 41.2 Å². The van der Waals surface area contributed by atoms with Crippen molar-refractivity contribution in [3.63, 3.8) is 0 Å². The Morgan fingerprint density at radius 2 is 1.89 bits per heavy atom. The Hall–Kier alpha value is -2.44. The van der Waals surface area contributed by atoms with Crippen molar-refractivity contribution in [3.8, 4) is 0 Å². The fourth-order valence-corrected chi connectivity index (χ4v) is 5.26. The predicted molar refractivity (Wildman–Crippen MR) is 111 cm³/mol. The molecule has 136 valence electrons. The quantitative estimate of drug-likeness (QED) is 0.472. The van der Waals surface area contributed by atoms with Crippen LogP contribution in [0.15, 0.2) is 53.6 Å². The molecular weight excluding hydrogens is 380 g/mol. The zero-order valence-electron chi connectivity index (χ0n) is 14.9. The average Bonchev–Trinajstić information content (AvgIpc) is 3.24. The summed E-state index contributed by atoms with van der Waals surface area (Å²) in [5.41, 5.74) is 3.17. The summed E-state index contributed by atoms with van der Waals surface area (Å²) < 4.78 is 1.05. The van der Waals surface area contributed by atoms with Gasteiger partial charge in [-0.05, 0) is 38.1 Å². The van der Waals surface area contributed by atoms with Gasteiger partial charge in [0.2, 0.25) is 0 Å². The third-order valence-corrected chi connectivity index (χ3v) is 6.69. The van der Waals surface area contributed by atoms with Crippen molar-refractivity contribution in [2.45, 2.75) is 31.3 Å². The van der Waals surface area contributed by atoms with Crippen LogP contribution in [-0.2, 0) is 4.79 Å². The number of carbonyl (C=O) groups is 1. The first-order valence-electron chi connectivity index (χ1n) is 8.75. The summed E-state index contributed by atoms with van der Waals surface area (Å²) in [6.07, 6.45) is 0.594. The van der Waals surface area contributed by atoms with Gasteiger partial charge in [-0.15, -0.1) is 11.6 Å². The van der Waals surface area contributed by atoms with Crippen LogP contribution in [-0.4, -0.2) is 27.6 Å². The van der Waals surface area contributed by atoms with Crippen molar-refractivity contribution in [3.05, 3.63) is 54.1 Å². The van der Waals surface area contributed by atoms with E-state index in [4.69, 9.17) is 21.7 Å². The van der Waals surface area contributed by atoms with Crippen LogP contribution < -0.4 is 9.91 Å². The van der Waals surface area contributed by atoms with Crippen molar-refractivity contribution in [2.75, 3.05) is 9.91 Å². The minimum atomic E-state index is -0.744. The van der Waals surface area contributed by atoms with E-state index >= 15 is 0 Å². The van der Waals surface area contributed by atoms with E-state index < -0.39 is 11.0 Å². The number of hydrogen-bond donors (Lipinski definition) is 0. The van der Waals surface area contributed by atoms with E-state index in [9.17, 15) is 4.79 Å². The van der Waals surface area contributed by atoms with Gasteiger partial charge < -0.3 is 0 Å². The highest BCUT2D eigenvalue weighted by atomic mass is 35.5. The Kier molecular flexibility index (Phi) is 3.58. The molecule has 0 bridgehead atoms. The van der Waals surface area contributed by atoms with E-state index in [1.165, 1.54) is 16.9 Å². The lowest BCUT2D eigenvalue weighted by molar-refractivity contribution is -0.126. The van der Waals surface area contributed by atoms with Gasteiger partial charge in [0, 0.05) is 12.1 Å². The molecule has 3 heterocycles. The molecule has 2 atom stereocenters. The SMILES string of the molecule is CC1=NN(c2ccc(C)cc2)C2(C1)C(Cl)C(=O)N2c1nc2ccccc2s1. The number of benzene rings is 2. The predicted octanol–water partition coefficient (Wildman–Crippen LogP) is 4.54. The second-order valence-electron chi connectivity index (χ2n) is 7.04. The number of anilines is 2. The second-order valence-corrected chi connectivity index (χ2v) is 8.48. The van der Waals surface area contributed by atoms with Gasteiger partial charge in [0.1, 0.15) is 0 Å². The molecule has 3 aromatic rings. The molecule has 1 spiro atoms. The second kappa shape index (κ2) is 5.78. The number of amides is 1. The summed E-state index contributed by atoms with van der Waals surface area (Å²) in [6, 6.07) is 16.0. The number of rotatable bonds is 2. The maximum Gasteiger partial charge on any atom is 0.253 e. The molecule has 0 aliphatic carbocycles. The third-order valence-electron chi connectivity index (χ3n) is 5.14. The molecular formula is C20H17ClN4OS. The molecule has 1 amide bonds. The molecule has 1 fully saturated rings. The van der Waals surface area contributed by atoms with E-state index in [1.807, 2.05) is 67.4 Å². The number of aryl methyl sites for hydroxylation is 1. The first kappa shape index (κ1) is 16.7. The fraction of sp³-hybridized carbons (Fsp3) is 0.250. The molecule has 0 N–H and O–H groups in total. The smallest absolute Gasteiger partial charge is 0.253 e. The van der Waals surface area contributed by atoms with E-state index in [0.29, 0.717) is 11.6 Å². The number of para-hydroxylation sites is 1.